The minimum absolute atomic E-state index is 0.327. The van der Waals surface area contributed by atoms with Gasteiger partial charge >= 0.3 is 0 Å². The Morgan fingerprint density at radius 2 is 2.09 bits per heavy atom. The van der Waals surface area contributed by atoms with E-state index in [0.717, 1.165) is 36.4 Å². The quantitative estimate of drug-likeness (QED) is 0.652. The van der Waals surface area contributed by atoms with Gasteiger partial charge in [-0.1, -0.05) is 37.9 Å². The number of hydrogen-bond acceptors (Lipinski definition) is 5. The number of para-hydroxylation sites is 1. The van der Waals surface area contributed by atoms with Crippen molar-refractivity contribution in [3.8, 4) is 0 Å². The molecule has 0 saturated carbocycles. The van der Waals surface area contributed by atoms with Crippen LogP contribution in [0.3, 0.4) is 0 Å². The summed E-state index contributed by atoms with van der Waals surface area (Å²) in [5.74, 6) is 1.62. The maximum atomic E-state index is 6.10. The molecular weight excluding hydrogens is 328 g/mol. The normalized spacial score (nSPS) is 17.7. The van der Waals surface area contributed by atoms with Crippen LogP contribution in [-0.4, -0.2) is 35.9 Å². The van der Waals surface area contributed by atoms with Crippen LogP contribution in [0.25, 0.3) is 10.9 Å². The van der Waals surface area contributed by atoms with Gasteiger partial charge in [-0.3, -0.25) is 4.72 Å². The molecule has 2 heterocycles. The number of aromatic nitrogens is 2. The first-order valence-corrected chi connectivity index (χ1v) is 9.81. The van der Waals surface area contributed by atoms with E-state index >= 15 is 0 Å². The minimum Gasteiger partial charge on any atom is -0.356 e. The fourth-order valence-corrected chi connectivity index (χ4v) is 3.47. The lowest BCUT2D eigenvalue weighted by Gasteiger charge is -2.34. The number of piperidine rings is 1. The van der Waals surface area contributed by atoms with E-state index in [1.165, 1.54) is 12.8 Å². The highest BCUT2D eigenvalue weighted by atomic mass is 35.5. The summed E-state index contributed by atoms with van der Waals surface area (Å²) < 4.78 is 3.37. The zero-order chi connectivity index (χ0) is 16.7. The van der Waals surface area contributed by atoms with Gasteiger partial charge in [-0.25, -0.2) is 4.98 Å². The lowest BCUT2D eigenvalue weighted by atomic mass is 9.98. The number of halogens is 1. The van der Waals surface area contributed by atoms with E-state index in [2.05, 4.69) is 31.9 Å². The molecule has 1 saturated heterocycles. The highest BCUT2D eigenvalue weighted by molar-refractivity contribution is 7.96. The topological polar surface area (TPSA) is 41.0 Å². The summed E-state index contributed by atoms with van der Waals surface area (Å²) in [5, 5.41) is 1.41. The van der Waals surface area contributed by atoms with Crippen LogP contribution in [0.15, 0.2) is 24.3 Å². The van der Waals surface area contributed by atoms with Gasteiger partial charge in [-0.15, -0.1) is 0 Å². The van der Waals surface area contributed by atoms with Crippen LogP contribution in [0.4, 0.5) is 5.82 Å². The third kappa shape index (κ3) is 4.72. The summed E-state index contributed by atoms with van der Waals surface area (Å²) in [7, 11) is 0. The number of nitrogens with zero attached hydrogens (tertiary/aromatic N) is 3. The monoisotopic (exact) mass is 352 g/mol. The van der Waals surface area contributed by atoms with Crippen LogP contribution >= 0.6 is 23.5 Å². The van der Waals surface area contributed by atoms with Gasteiger partial charge in [-0.2, -0.15) is 4.98 Å². The first-order chi connectivity index (χ1) is 11.3. The molecule has 0 bridgehead atoms. The van der Waals surface area contributed by atoms with Crippen molar-refractivity contribution in [2.24, 2.45) is 5.92 Å². The predicted molar refractivity (Wildman–Crippen MR) is 102 cm³/mol. The van der Waals surface area contributed by atoms with Crippen LogP contribution in [0, 0.1) is 5.92 Å². The van der Waals surface area contributed by atoms with Crippen molar-refractivity contribution < 1.29 is 0 Å². The SMILES string of the molecule is CC.CSNCC1CCCN(c2nc(Cl)nc3ccccc23)C1. The van der Waals surface area contributed by atoms with Gasteiger partial charge in [0.1, 0.15) is 5.82 Å². The number of hydrogen-bond donors (Lipinski definition) is 1. The molecule has 3 rings (SSSR count). The van der Waals surface area contributed by atoms with Gasteiger partial charge in [0.2, 0.25) is 5.28 Å². The summed E-state index contributed by atoms with van der Waals surface area (Å²) in [6.07, 6.45) is 4.52. The molecular formula is C17H25ClN4S. The van der Waals surface area contributed by atoms with Crippen molar-refractivity contribution in [2.75, 3.05) is 30.8 Å². The van der Waals surface area contributed by atoms with Gasteiger partial charge in [-0.05, 0) is 48.7 Å². The molecule has 4 nitrogen and oxygen atoms in total. The van der Waals surface area contributed by atoms with Crippen LogP contribution in [0.5, 0.6) is 0 Å². The van der Waals surface area contributed by atoms with Crippen LogP contribution in [0.1, 0.15) is 26.7 Å². The van der Waals surface area contributed by atoms with Gasteiger partial charge in [0.15, 0.2) is 0 Å². The predicted octanol–water partition coefficient (Wildman–Crippen LogP) is 4.39. The van der Waals surface area contributed by atoms with Gasteiger partial charge < -0.3 is 4.90 Å². The minimum atomic E-state index is 0.327. The van der Waals surface area contributed by atoms with E-state index in [4.69, 9.17) is 11.6 Å². The Labute approximate surface area is 148 Å². The molecule has 1 N–H and O–H groups in total. The molecule has 6 heteroatoms. The highest BCUT2D eigenvalue weighted by Gasteiger charge is 2.22. The Bertz CT molecular complexity index is 623. The second-order valence-corrected chi connectivity index (χ2v) is 6.38. The Kier molecular flexibility index (Phi) is 7.40. The molecule has 1 fully saturated rings. The van der Waals surface area contributed by atoms with E-state index in [-0.39, 0.29) is 0 Å². The van der Waals surface area contributed by atoms with Crippen LogP contribution in [0.2, 0.25) is 5.28 Å². The van der Waals surface area contributed by atoms with Crippen molar-refractivity contribution >= 4 is 40.3 Å². The van der Waals surface area contributed by atoms with E-state index in [0.29, 0.717) is 11.2 Å². The van der Waals surface area contributed by atoms with Crippen molar-refractivity contribution in [1.29, 1.82) is 0 Å². The average molecular weight is 353 g/mol. The largest absolute Gasteiger partial charge is 0.356 e. The van der Waals surface area contributed by atoms with Crippen molar-refractivity contribution in [2.45, 2.75) is 26.7 Å². The maximum absolute atomic E-state index is 6.10. The molecule has 0 radical (unpaired) electrons. The van der Waals surface area contributed by atoms with Crippen molar-refractivity contribution in [3.63, 3.8) is 0 Å². The highest BCUT2D eigenvalue weighted by Crippen LogP contribution is 2.29. The van der Waals surface area contributed by atoms with E-state index in [1.54, 1.807) is 11.9 Å². The Morgan fingerprint density at radius 1 is 1.30 bits per heavy atom. The van der Waals surface area contributed by atoms with Gasteiger partial charge in [0.05, 0.1) is 5.52 Å². The van der Waals surface area contributed by atoms with Crippen molar-refractivity contribution in [3.05, 3.63) is 29.5 Å². The molecule has 1 aromatic carbocycles. The first-order valence-electron chi connectivity index (χ1n) is 8.21. The number of benzene rings is 1. The molecule has 1 unspecified atom stereocenters. The van der Waals surface area contributed by atoms with Crippen LogP contribution < -0.4 is 9.62 Å². The lowest BCUT2D eigenvalue weighted by molar-refractivity contribution is 0.415. The molecule has 126 valence electrons. The molecule has 1 atom stereocenters. The first kappa shape index (κ1) is 18.3. The third-order valence-corrected chi connectivity index (χ3v) is 4.52. The smallest absolute Gasteiger partial charge is 0.224 e. The van der Waals surface area contributed by atoms with E-state index in [1.807, 2.05) is 32.0 Å². The Hall–Kier alpha value is -1.04. The Morgan fingerprint density at radius 3 is 2.87 bits per heavy atom. The molecule has 23 heavy (non-hydrogen) atoms. The van der Waals surface area contributed by atoms with E-state index in [9.17, 15) is 0 Å². The summed E-state index contributed by atoms with van der Waals surface area (Å²) in [5.41, 5.74) is 0.914. The second-order valence-electron chi connectivity index (χ2n) is 5.34. The zero-order valence-corrected chi connectivity index (χ0v) is 15.6. The molecule has 0 spiro atoms. The lowest BCUT2D eigenvalue weighted by Crippen LogP contribution is -2.39. The molecule has 2 aromatic rings. The Balaban J connectivity index is 0.000000924. The summed E-state index contributed by atoms with van der Waals surface area (Å²) in [6, 6.07) is 8.07. The second kappa shape index (κ2) is 9.30. The summed E-state index contributed by atoms with van der Waals surface area (Å²) >= 11 is 7.78. The molecule has 1 aromatic heterocycles. The third-order valence-electron chi connectivity index (χ3n) is 3.89. The molecule has 0 aliphatic carbocycles. The maximum Gasteiger partial charge on any atom is 0.224 e. The van der Waals surface area contributed by atoms with Gasteiger partial charge in [0.25, 0.3) is 0 Å². The molecule has 0 amide bonds. The standard InChI is InChI=1S/C15H19ClN4S.C2H6/c1-21-17-9-11-5-4-8-20(10-11)14-12-6-2-3-7-13(12)18-15(16)19-14;1-2/h2-3,6-7,11,17H,4-5,8-10H2,1H3;1-2H3. The molecule has 1 aliphatic heterocycles. The number of anilines is 1. The summed E-state index contributed by atoms with van der Waals surface area (Å²) in [4.78, 5) is 11.2. The fourth-order valence-electron chi connectivity index (χ4n) is 2.90. The zero-order valence-electron chi connectivity index (χ0n) is 14.1. The summed E-state index contributed by atoms with van der Waals surface area (Å²) in [6.45, 7) is 7.09. The average Bonchev–Trinajstić information content (AvgIpc) is 2.61. The number of fused-ring (bicyclic) bond motifs is 1. The fraction of sp³-hybridized carbons (Fsp3) is 0.529. The van der Waals surface area contributed by atoms with E-state index < -0.39 is 0 Å². The number of nitrogens with one attached hydrogen (secondary N) is 1. The van der Waals surface area contributed by atoms with Crippen LogP contribution in [-0.2, 0) is 0 Å². The number of rotatable bonds is 4. The van der Waals surface area contributed by atoms with Crippen molar-refractivity contribution in [1.82, 2.24) is 14.7 Å². The molecule has 1 aliphatic rings. The van der Waals surface area contributed by atoms with Gasteiger partial charge in [0, 0.05) is 25.0 Å².